The van der Waals surface area contributed by atoms with Crippen LogP contribution < -0.4 is 10.6 Å². The molecule has 5 atom stereocenters. The number of terminal acetylenes is 1. The molecule has 0 bridgehead atoms. The maximum atomic E-state index is 12.8. The molecule has 186 valence electrons. The van der Waals surface area contributed by atoms with Crippen molar-refractivity contribution in [1.82, 2.24) is 15.2 Å². The summed E-state index contributed by atoms with van der Waals surface area (Å²) in [4.78, 5) is 33.0. The first kappa shape index (κ1) is 24.9. The molecule has 1 saturated carbocycles. The molecule has 1 aliphatic heterocycles. The fourth-order valence-electron chi connectivity index (χ4n) is 6.04. The maximum absolute atomic E-state index is 12.8. The Morgan fingerprint density at radius 1 is 1.35 bits per heavy atom. The van der Waals surface area contributed by atoms with Gasteiger partial charge in [-0.3, -0.25) is 10.1 Å². The van der Waals surface area contributed by atoms with Gasteiger partial charge >= 0.3 is 6.03 Å². The van der Waals surface area contributed by atoms with Crippen molar-refractivity contribution in [3.8, 4) is 12.3 Å². The fourth-order valence-corrected chi connectivity index (χ4v) is 7.10. The first-order valence-electron chi connectivity index (χ1n) is 11.8. The Labute approximate surface area is 204 Å². The molecule has 3 amide bonds. The zero-order valence-electron chi connectivity index (χ0n) is 19.8. The molecule has 1 saturated heterocycles. The van der Waals surface area contributed by atoms with Crippen LogP contribution in [-0.4, -0.2) is 77.6 Å². The number of urea groups is 1. The highest BCUT2D eigenvalue weighted by Gasteiger charge is 2.59. The van der Waals surface area contributed by atoms with E-state index >= 15 is 0 Å². The lowest BCUT2D eigenvalue weighted by atomic mass is 9.47. The Bertz CT molecular complexity index is 971. The topological polar surface area (TPSA) is 124 Å². The van der Waals surface area contributed by atoms with E-state index in [2.05, 4.69) is 23.5 Å². The summed E-state index contributed by atoms with van der Waals surface area (Å²) in [7, 11) is 0. The number of hydrogen-bond acceptors (Lipinski definition) is 7. The summed E-state index contributed by atoms with van der Waals surface area (Å²) in [6.45, 7) is 6.18. The van der Waals surface area contributed by atoms with Crippen molar-refractivity contribution in [2.75, 3.05) is 44.8 Å². The van der Waals surface area contributed by atoms with Gasteiger partial charge in [0.15, 0.2) is 5.13 Å². The van der Waals surface area contributed by atoms with Crippen LogP contribution in [0.3, 0.4) is 0 Å². The van der Waals surface area contributed by atoms with Gasteiger partial charge in [0, 0.05) is 35.7 Å². The number of fused-ring (bicyclic) bond motifs is 2. The van der Waals surface area contributed by atoms with Crippen LogP contribution in [0.4, 0.5) is 9.93 Å². The first-order valence-corrected chi connectivity index (χ1v) is 12.7. The molecule has 3 aliphatic rings. The second kappa shape index (κ2) is 9.82. The van der Waals surface area contributed by atoms with Gasteiger partial charge < -0.3 is 25.2 Å². The van der Waals surface area contributed by atoms with Crippen LogP contribution in [0.5, 0.6) is 0 Å². The summed E-state index contributed by atoms with van der Waals surface area (Å²) in [5.41, 5.74) is -0.218. The van der Waals surface area contributed by atoms with E-state index in [4.69, 9.17) is 16.1 Å². The number of nitrogens with one attached hydrogen (secondary N) is 2. The van der Waals surface area contributed by atoms with Crippen molar-refractivity contribution in [3.05, 3.63) is 10.6 Å². The van der Waals surface area contributed by atoms with Gasteiger partial charge in [-0.15, -0.1) is 17.8 Å². The SMILES string of the molecule is C#CCNC(=O)CC1c2nc(NC(=O)N3CCOCC3)sc2CC2C(C)(CO)C(O)CCC12C. The molecular formula is C24H34N4O5S. The summed E-state index contributed by atoms with van der Waals surface area (Å²) < 4.78 is 5.32. The molecule has 1 aromatic heterocycles. The van der Waals surface area contributed by atoms with E-state index in [-0.39, 0.29) is 48.8 Å². The zero-order chi connectivity index (χ0) is 24.5. The first-order chi connectivity index (χ1) is 16.2. The van der Waals surface area contributed by atoms with E-state index in [9.17, 15) is 19.8 Å². The molecule has 0 aromatic carbocycles. The molecular weight excluding hydrogens is 456 g/mol. The molecule has 34 heavy (non-hydrogen) atoms. The van der Waals surface area contributed by atoms with Gasteiger partial charge in [-0.05, 0) is 30.6 Å². The van der Waals surface area contributed by atoms with Crippen LogP contribution in [0, 0.1) is 29.1 Å². The minimum Gasteiger partial charge on any atom is -0.396 e. The third-order valence-electron chi connectivity index (χ3n) is 8.18. The summed E-state index contributed by atoms with van der Waals surface area (Å²) in [5, 5.41) is 27.4. The van der Waals surface area contributed by atoms with Crippen molar-refractivity contribution >= 4 is 28.4 Å². The van der Waals surface area contributed by atoms with Crippen LogP contribution >= 0.6 is 11.3 Å². The molecule has 10 heteroatoms. The summed E-state index contributed by atoms with van der Waals surface area (Å²) in [5.74, 6) is 2.01. The van der Waals surface area contributed by atoms with Crippen LogP contribution in [0.15, 0.2) is 0 Å². The zero-order valence-corrected chi connectivity index (χ0v) is 20.6. The maximum Gasteiger partial charge on any atom is 0.323 e. The largest absolute Gasteiger partial charge is 0.396 e. The highest BCUT2D eigenvalue weighted by molar-refractivity contribution is 7.15. The van der Waals surface area contributed by atoms with E-state index < -0.39 is 11.5 Å². The molecule has 9 nitrogen and oxygen atoms in total. The minimum absolute atomic E-state index is 0.0464. The lowest BCUT2D eigenvalue weighted by Crippen LogP contribution is -2.57. The number of carbonyl (C=O) groups excluding carboxylic acids is 2. The Balaban J connectivity index is 1.67. The second-order valence-electron chi connectivity index (χ2n) is 10.1. The van der Waals surface area contributed by atoms with Crippen molar-refractivity contribution in [1.29, 1.82) is 0 Å². The minimum atomic E-state index is -0.695. The predicted molar refractivity (Wildman–Crippen MR) is 128 cm³/mol. The van der Waals surface area contributed by atoms with Crippen molar-refractivity contribution in [2.24, 2.45) is 16.7 Å². The predicted octanol–water partition coefficient (Wildman–Crippen LogP) is 1.56. The van der Waals surface area contributed by atoms with E-state index in [0.29, 0.717) is 50.7 Å². The van der Waals surface area contributed by atoms with Gasteiger partial charge in [0.2, 0.25) is 5.91 Å². The second-order valence-corrected chi connectivity index (χ2v) is 11.2. The molecule has 4 rings (SSSR count). The molecule has 2 aliphatic carbocycles. The van der Waals surface area contributed by atoms with Crippen molar-refractivity contribution in [2.45, 2.75) is 51.6 Å². The average molecular weight is 491 g/mol. The summed E-state index contributed by atoms with van der Waals surface area (Å²) in [6, 6.07) is -0.211. The molecule has 0 spiro atoms. The molecule has 1 aromatic rings. The van der Waals surface area contributed by atoms with Gasteiger partial charge in [-0.25, -0.2) is 9.78 Å². The fraction of sp³-hybridized carbons (Fsp3) is 0.708. The molecule has 4 N–H and O–H groups in total. The Morgan fingerprint density at radius 2 is 2.09 bits per heavy atom. The van der Waals surface area contributed by atoms with E-state index in [1.54, 1.807) is 4.90 Å². The standard InChI is InChI=1S/C24H34N4O5S/c1-4-7-25-19(31)12-15-20-16(13-17-23(15,2)6-5-18(30)24(17,3)14-29)34-21(26-20)27-22(32)28-8-10-33-11-9-28/h1,15,17-18,29-30H,5-14H2,2-3H3,(H,25,31)(H,26,27,32). The molecule has 0 radical (unpaired) electrons. The van der Waals surface area contributed by atoms with Crippen LogP contribution in [0.2, 0.25) is 0 Å². The van der Waals surface area contributed by atoms with Crippen LogP contribution in [0.1, 0.15) is 49.6 Å². The van der Waals surface area contributed by atoms with Crippen molar-refractivity contribution in [3.63, 3.8) is 0 Å². The quantitative estimate of drug-likeness (QED) is 0.465. The highest BCUT2D eigenvalue weighted by Crippen LogP contribution is 2.62. The van der Waals surface area contributed by atoms with Crippen molar-refractivity contribution < 1.29 is 24.5 Å². The molecule has 5 unspecified atom stereocenters. The number of ether oxygens (including phenoxy) is 1. The number of aromatic nitrogens is 1. The Morgan fingerprint density at radius 3 is 2.76 bits per heavy atom. The Kier molecular flexibility index (Phi) is 7.20. The third kappa shape index (κ3) is 4.42. The van der Waals surface area contributed by atoms with E-state index in [0.717, 1.165) is 10.6 Å². The van der Waals surface area contributed by atoms with Gasteiger partial charge in [0.25, 0.3) is 0 Å². The third-order valence-corrected chi connectivity index (χ3v) is 9.19. The van der Waals surface area contributed by atoms with E-state index in [1.807, 2.05) is 6.92 Å². The monoisotopic (exact) mass is 490 g/mol. The van der Waals surface area contributed by atoms with Gasteiger partial charge in [0.1, 0.15) is 0 Å². The number of morpholine rings is 1. The summed E-state index contributed by atoms with van der Waals surface area (Å²) >= 11 is 1.41. The number of aliphatic hydroxyl groups excluding tert-OH is 2. The average Bonchev–Trinajstić information content (AvgIpc) is 3.24. The van der Waals surface area contributed by atoms with Crippen LogP contribution in [0.25, 0.3) is 0 Å². The number of nitrogens with zero attached hydrogens (tertiary/aromatic N) is 2. The number of rotatable bonds is 5. The molecule has 2 fully saturated rings. The number of carbonyl (C=O) groups is 2. The van der Waals surface area contributed by atoms with Gasteiger partial charge in [-0.1, -0.05) is 19.8 Å². The highest BCUT2D eigenvalue weighted by atomic mass is 32.1. The normalized spacial score (nSPS) is 32.8. The van der Waals surface area contributed by atoms with E-state index in [1.165, 1.54) is 11.3 Å². The number of thiazole rings is 1. The number of anilines is 1. The lowest BCUT2D eigenvalue weighted by Gasteiger charge is -2.58. The molecule has 2 heterocycles. The number of aliphatic hydroxyl groups is 2. The summed E-state index contributed by atoms with van der Waals surface area (Å²) in [6.07, 6.45) is 6.80. The number of amides is 3. The van der Waals surface area contributed by atoms with Gasteiger partial charge in [-0.2, -0.15) is 0 Å². The van der Waals surface area contributed by atoms with Gasteiger partial charge in [0.05, 0.1) is 38.2 Å². The Hall–Kier alpha value is -2.19. The smallest absolute Gasteiger partial charge is 0.323 e. The lowest BCUT2D eigenvalue weighted by molar-refractivity contribution is -0.144. The number of hydrogen-bond donors (Lipinski definition) is 4. The van der Waals surface area contributed by atoms with Crippen LogP contribution in [-0.2, 0) is 16.0 Å².